The molecule has 0 aromatic rings. The van der Waals surface area contributed by atoms with E-state index in [1.807, 2.05) is 0 Å². The highest BCUT2D eigenvalue weighted by Crippen LogP contribution is 2.63. The number of hydrogen-bond donors (Lipinski definition) is 0. The van der Waals surface area contributed by atoms with Crippen LogP contribution in [0.1, 0.15) is 466 Å². The van der Waals surface area contributed by atoms with Crippen molar-refractivity contribution < 1.29 is 0 Å². The maximum Gasteiger partial charge on any atom is -0.0295 e. The monoisotopic (exact) mass is 1390 g/mol. The predicted molar refractivity (Wildman–Crippen MR) is 449 cm³/mol. The Balaban J connectivity index is 0.000000180. The van der Waals surface area contributed by atoms with Crippen LogP contribution in [-0.2, 0) is 0 Å². The van der Waals surface area contributed by atoms with Gasteiger partial charge in [0.25, 0.3) is 0 Å². The van der Waals surface area contributed by atoms with Gasteiger partial charge in [-0.15, -0.1) is 0 Å². The Bertz CT molecular complexity index is 1900. The summed E-state index contributed by atoms with van der Waals surface area (Å²) in [5.74, 6) is 28.8. The Hall–Kier alpha value is 0. The summed E-state index contributed by atoms with van der Waals surface area (Å²) in [6, 6.07) is 0. The van der Waals surface area contributed by atoms with E-state index < -0.39 is 0 Å². The Morgan fingerprint density at radius 1 is 0.230 bits per heavy atom. The van der Waals surface area contributed by atoms with E-state index >= 15 is 0 Å². The van der Waals surface area contributed by atoms with Gasteiger partial charge in [-0.2, -0.15) is 0 Å². The van der Waals surface area contributed by atoms with Gasteiger partial charge in [0.05, 0.1) is 0 Å². The van der Waals surface area contributed by atoms with Gasteiger partial charge in [0.15, 0.2) is 0 Å². The largest absolute Gasteiger partial charge is 0.0651 e. The zero-order valence-electron chi connectivity index (χ0n) is 72.7. The van der Waals surface area contributed by atoms with E-state index in [0.29, 0.717) is 5.41 Å². The number of rotatable bonds is 9. The van der Waals surface area contributed by atoms with E-state index in [4.69, 9.17) is 0 Å². The van der Waals surface area contributed by atoms with Gasteiger partial charge >= 0.3 is 0 Å². The summed E-state index contributed by atoms with van der Waals surface area (Å²) in [7, 11) is 0. The van der Waals surface area contributed by atoms with E-state index in [0.717, 1.165) is 166 Å². The molecule has 17 atom stereocenters. The molecule has 0 heterocycles. The van der Waals surface area contributed by atoms with Crippen molar-refractivity contribution in [2.45, 2.75) is 466 Å². The van der Waals surface area contributed by atoms with E-state index in [-0.39, 0.29) is 0 Å². The van der Waals surface area contributed by atoms with Gasteiger partial charge in [0.1, 0.15) is 0 Å². The van der Waals surface area contributed by atoms with E-state index in [9.17, 15) is 0 Å². The molecular weight excluding hydrogens is 1200 g/mol. The van der Waals surface area contributed by atoms with Crippen molar-refractivity contribution in [1.29, 1.82) is 0 Å². The summed E-state index contributed by atoms with van der Waals surface area (Å²) >= 11 is 0. The molecule has 0 nitrogen and oxygen atoms in total. The normalized spacial score (nSPS) is 35.8. The second-order valence-electron chi connectivity index (χ2n) is 43.3. The first-order valence-corrected chi connectivity index (χ1v) is 47.8. The Morgan fingerprint density at radius 2 is 0.480 bits per heavy atom. The highest BCUT2D eigenvalue weighted by molar-refractivity contribution is 5.04. The fourth-order valence-corrected chi connectivity index (χ4v) is 25.2. The van der Waals surface area contributed by atoms with Gasteiger partial charge in [-0.3, -0.25) is 0 Å². The fraction of sp³-hybridized carbons (Fsp3) is 1.00. The molecule has 14 aliphatic rings. The summed E-state index contributed by atoms with van der Waals surface area (Å²) in [6.07, 6.45) is 77.3. The molecule has 0 aromatic heterocycles. The fourth-order valence-electron chi connectivity index (χ4n) is 25.2. The molecule has 100 heavy (non-hydrogen) atoms. The van der Waals surface area contributed by atoms with E-state index in [1.54, 1.807) is 116 Å². The van der Waals surface area contributed by atoms with Crippen LogP contribution in [0.3, 0.4) is 0 Å². The summed E-state index contributed by atoms with van der Waals surface area (Å²) in [6.45, 7) is 48.3. The number of fused-ring (bicyclic) bond motifs is 10. The van der Waals surface area contributed by atoms with Crippen LogP contribution in [0.2, 0.25) is 0 Å². The summed E-state index contributed by atoms with van der Waals surface area (Å²) < 4.78 is 0. The van der Waals surface area contributed by atoms with Crippen LogP contribution >= 0.6 is 0 Å². The van der Waals surface area contributed by atoms with Gasteiger partial charge in [-0.05, 0) is 293 Å². The van der Waals surface area contributed by atoms with Crippen LogP contribution in [0.4, 0.5) is 0 Å². The van der Waals surface area contributed by atoms with Gasteiger partial charge < -0.3 is 0 Å². The molecule has 0 saturated heterocycles. The van der Waals surface area contributed by atoms with Crippen molar-refractivity contribution in [3.63, 3.8) is 0 Å². The SMILES string of the molecule is CC(C)C1CCCCCCC1.CC(C)C1CCCCCCCC1.CC(C)C1CCCCCCCCC1.CC(C)C1CC[C@H]2C[C@@H]1C2(C)C.CC(C)C1C[C@H]2CCCC[C@@H](C1)C2.CC(C)C1C[C@H]2CCC[C@@H](C1)C2.CC1C[C@@H]2CC(C(C)C)C[C@H](C1)C2.CCC1C[C@@H]2CC(C(C)C)C[C@H](C1)C2. The van der Waals surface area contributed by atoms with Crippen LogP contribution < -0.4 is 0 Å². The molecular formula is C100H190. The van der Waals surface area contributed by atoms with Crippen LogP contribution in [0, 0.1) is 171 Å². The minimum atomic E-state index is 0.688. The topological polar surface area (TPSA) is 0 Å². The quantitative estimate of drug-likeness (QED) is 0.216. The molecule has 7 unspecified atom stereocenters. The lowest BCUT2D eigenvalue weighted by Gasteiger charge is -2.61. The predicted octanol–water partition coefficient (Wildman–Crippen LogP) is 33.6. The van der Waals surface area contributed by atoms with Crippen molar-refractivity contribution in [2.24, 2.45) is 171 Å². The Labute approximate surface area is 633 Å². The van der Waals surface area contributed by atoms with Crippen molar-refractivity contribution in [3.8, 4) is 0 Å². The molecule has 0 amide bonds. The van der Waals surface area contributed by atoms with Crippen LogP contribution in [0.15, 0.2) is 0 Å². The zero-order valence-corrected chi connectivity index (χ0v) is 72.7. The Kier molecular flexibility index (Phi) is 42.5. The smallest absolute Gasteiger partial charge is 0.0295 e. The van der Waals surface area contributed by atoms with Crippen LogP contribution in [0.25, 0.3) is 0 Å². The van der Waals surface area contributed by atoms with Crippen LogP contribution in [-0.4, -0.2) is 0 Å². The van der Waals surface area contributed by atoms with E-state index in [2.05, 4.69) is 138 Å². The zero-order chi connectivity index (χ0) is 72.7. The summed E-state index contributed by atoms with van der Waals surface area (Å²) in [4.78, 5) is 0. The lowest BCUT2D eigenvalue weighted by atomic mass is 9.44. The molecule has 14 rings (SSSR count). The molecule has 0 aliphatic heterocycles. The van der Waals surface area contributed by atoms with Gasteiger partial charge in [-0.25, -0.2) is 0 Å². The minimum absolute atomic E-state index is 0.688. The molecule has 10 bridgehead atoms. The molecule has 0 N–H and O–H groups in total. The minimum Gasteiger partial charge on any atom is -0.0651 e. The third kappa shape index (κ3) is 32.3. The highest BCUT2D eigenvalue weighted by Gasteiger charge is 2.54. The molecule has 590 valence electrons. The molecule has 0 aromatic carbocycles. The van der Waals surface area contributed by atoms with Crippen molar-refractivity contribution in [3.05, 3.63) is 0 Å². The molecule has 14 fully saturated rings. The Morgan fingerprint density at radius 3 is 0.730 bits per heavy atom. The van der Waals surface area contributed by atoms with Crippen molar-refractivity contribution in [1.82, 2.24) is 0 Å². The van der Waals surface area contributed by atoms with E-state index in [1.165, 1.54) is 212 Å². The third-order valence-corrected chi connectivity index (χ3v) is 32.4. The van der Waals surface area contributed by atoms with Gasteiger partial charge in [0.2, 0.25) is 0 Å². The highest BCUT2D eigenvalue weighted by atomic mass is 14.6. The maximum atomic E-state index is 2.49. The van der Waals surface area contributed by atoms with Crippen molar-refractivity contribution >= 4 is 0 Å². The maximum absolute atomic E-state index is 2.49. The summed E-state index contributed by atoms with van der Waals surface area (Å²) in [5, 5.41) is 0. The van der Waals surface area contributed by atoms with Crippen molar-refractivity contribution in [2.75, 3.05) is 0 Å². The lowest BCUT2D eigenvalue weighted by molar-refractivity contribution is -0.117. The average Bonchev–Trinajstić information content (AvgIpc) is 0.834. The van der Waals surface area contributed by atoms with Gasteiger partial charge in [-0.1, -0.05) is 344 Å². The third-order valence-electron chi connectivity index (χ3n) is 32.4. The second-order valence-corrected chi connectivity index (χ2v) is 43.3. The first kappa shape index (κ1) is 88.9. The second kappa shape index (κ2) is 47.8. The lowest BCUT2D eigenvalue weighted by Crippen LogP contribution is -2.53. The summed E-state index contributed by atoms with van der Waals surface area (Å²) in [5.41, 5.74) is 0.688. The molecule has 14 saturated carbocycles. The number of hydrogen-bond acceptors (Lipinski definition) is 0. The molecule has 0 heteroatoms. The molecule has 0 spiro atoms. The molecule has 0 radical (unpaired) electrons. The molecule has 14 aliphatic carbocycles. The standard InChI is InChI=1S/C14H26.2C13H24.C13H26.2C12H22.C12H24.C11H22/c1-4-11-5-12-7-13(6-11)9-14(8-12)10(2)3;1-9(2)13-7-11-4-10(3)5-12(6-11)8-13;1-10(2)13-8-11-5-3-4-6-12(7-11)9-13;1-12(2)13-10-8-6-4-3-5-7-9-11-13;1-8(2)10-6-5-9-7-11(10)12(9,3)4;1-9(2)12-7-10-4-3-5-11(6-10)8-12;1-11(2)12-9-7-5-3-4-6-8-10-12;1-10(2)11-8-6-4-3-5-7-9-11/h10-14H,4-9H2,1-3H3;9-13H,4-8H2,1-3H3;10-13H,3-9H2,1-2H3;12-13H,3-11H2,1-2H3;8-11H,5-7H2,1-4H3;9-12H,3-8H2,1-2H3;11-12H,3-10H2,1-2H3;10-11H,3-9H2,1-2H3/t11?,12-,13+,14?;10?,11-,12+,13?;11-,12+,13?;;9-,10?,11-;10-,11+,12?;;/m....0.../s1. The van der Waals surface area contributed by atoms with Crippen LogP contribution in [0.5, 0.6) is 0 Å². The first-order valence-electron chi connectivity index (χ1n) is 47.8. The van der Waals surface area contributed by atoms with Gasteiger partial charge in [0, 0.05) is 0 Å². The first-order chi connectivity index (χ1) is 47.8. The average molecular weight is 1390 g/mol.